The Morgan fingerprint density at radius 1 is 1.37 bits per heavy atom. The Balaban J connectivity index is 1.97. The zero-order chi connectivity index (χ0) is 13.3. The molecular weight excluding hydrogens is 367 g/mol. The van der Waals surface area contributed by atoms with E-state index in [0.717, 1.165) is 0 Å². The highest BCUT2D eigenvalue weighted by atomic mass is 127. The molecule has 19 heavy (non-hydrogen) atoms. The Morgan fingerprint density at radius 3 is 3.00 bits per heavy atom. The van der Waals surface area contributed by atoms with Gasteiger partial charge in [0.15, 0.2) is 0 Å². The van der Waals surface area contributed by atoms with Crippen LogP contribution in [0, 0.1) is 5.41 Å². The van der Waals surface area contributed by atoms with Crippen LogP contribution in [0.15, 0.2) is 24.3 Å². The number of halogens is 1. The highest BCUT2D eigenvalue weighted by Crippen LogP contribution is 2.48. The van der Waals surface area contributed by atoms with E-state index in [4.69, 9.17) is 0 Å². The second kappa shape index (κ2) is 5.82. The van der Waals surface area contributed by atoms with E-state index < -0.39 is 0 Å². The Kier molecular flexibility index (Phi) is 4.29. The monoisotopic (exact) mass is 388 g/mol. The molecule has 1 aromatic rings. The minimum Gasteiger partial charge on any atom is -0.316 e. The van der Waals surface area contributed by atoms with Crippen molar-refractivity contribution in [2.24, 2.45) is 5.41 Å². The average molecular weight is 388 g/mol. The van der Waals surface area contributed by atoms with Gasteiger partial charge >= 0.3 is 0 Å². The van der Waals surface area contributed by atoms with Gasteiger partial charge in [0.2, 0.25) is 0 Å². The van der Waals surface area contributed by atoms with E-state index in [2.05, 4.69) is 62.1 Å². The Hall–Kier alpha value is 0.0600. The molecule has 1 N–H and O–H groups in total. The number of para-hydroxylation sites is 1. The van der Waals surface area contributed by atoms with E-state index in [1.165, 1.54) is 49.9 Å². The van der Waals surface area contributed by atoms with Gasteiger partial charge in [-0.2, -0.15) is 0 Å². The molecule has 3 rings (SSSR count). The van der Waals surface area contributed by atoms with Crippen molar-refractivity contribution in [3.63, 3.8) is 0 Å². The first-order valence-electron chi connectivity index (χ1n) is 7.10. The van der Waals surface area contributed by atoms with E-state index in [1.54, 1.807) is 0 Å². The molecule has 1 aromatic carbocycles. The van der Waals surface area contributed by atoms with Crippen molar-refractivity contribution in [2.75, 3.05) is 17.9 Å². The molecule has 0 radical (unpaired) electrons. The van der Waals surface area contributed by atoms with Crippen LogP contribution in [-0.2, 0) is 6.42 Å². The molecule has 104 valence electrons. The first kappa shape index (κ1) is 14.0. The molecule has 1 aliphatic heterocycles. The lowest BCUT2D eigenvalue weighted by molar-refractivity contribution is 0.220. The average Bonchev–Trinajstić information content (AvgIpc) is 2.75. The highest BCUT2D eigenvalue weighted by molar-refractivity contribution is 14.2. The summed E-state index contributed by atoms with van der Waals surface area (Å²) in [5.41, 5.74) is 3.44. The van der Waals surface area contributed by atoms with Crippen LogP contribution in [0.1, 0.15) is 31.2 Å². The second-order valence-electron chi connectivity index (χ2n) is 5.82. The lowest BCUT2D eigenvalue weighted by Crippen LogP contribution is -2.41. The Bertz CT molecular complexity index is 454. The van der Waals surface area contributed by atoms with Crippen LogP contribution in [0.5, 0.6) is 0 Å². The summed E-state index contributed by atoms with van der Waals surface area (Å²) >= 11 is 2.41. The van der Waals surface area contributed by atoms with E-state index in [-0.39, 0.29) is 0 Å². The van der Waals surface area contributed by atoms with Gasteiger partial charge in [0.1, 0.15) is 0 Å². The maximum Gasteiger partial charge on any atom is 0.0509 e. The van der Waals surface area contributed by atoms with E-state index in [9.17, 15) is 0 Å². The normalized spacial score (nSPS) is 30.4. The number of fused-ring (bicyclic) bond motifs is 1. The van der Waals surface area contributed by atoms with Crippen molar-refractivity contribution in [1.29, 1.82) is 0 Å². The molecule has 2 nitrogen and oxygen atoms in total. The first-order valence-corrected chi connectivity index (χ1v) is 10.4. The number of benzene rings is 1. The Labute approximate surface area is 132 Å². The first-order chi connectivity index (χ1) is 9.29. The van der Waals surface area contributed by atoms with E-state index >= 15 is 0 Å². The molecule has 1 fully saturated rings. The van der Waals surface area contributed by atoms with Crippen LogP contribution < -0.4 is 9.62 Å². The lowest BCUT2D eigenvalue weighted by atomic mass is 9.75. The summed E-state index contributed by atoms with van der Waals surface area (Å²) in [6.45, 7) is 1.17. The molecule has 1 heterocycles. The van der Waals surface area contributed by atoms with Gasteiger partial charge in [0, 0.05) is 42.9 Å². The summed E-state index contributed by atoms with van der Waals surface area (Å²) in [5.74, 6) is 0. The molecule has 0 amide bonds. The molecule has 4 heteroatoms. The van der Waals surface area contributed by atoms with Crippen molar-refractivity contribution < 1.29 is 0 Å². The number of nitrogens with zero attached hydrogens (tertiary/aromatic N) is 1. The van der Waals surface area contributed by atoms with Crippen LogP contribution in [0.3, 0.4) is 0 Å². The van der Waals surface area contributed by atoms with Gasteiger partial charge < -0.3 is 9.62 Å². The van der Waals surface area contributed by atoms with Crippen molar-refractivity contribution >= 4 is 36.0 Å². The molecule has 0 aromatic heterocycles. The third-order valence-electron chi connectivity index (χ3n) is 4.95. The summed E-state index contributed by atoms with van der Waals surface area (Å²) in [4.78, 5) is 0. The van der Waals surface area contributed by atoms with Crippen molar-refractivity contribution in [2.45, 2.75) is 38.1 Å². The maximum absolute atomic E-state index is 3.59. The third-order valence-corrected chi connectivity index (χ3v) is 6.93. The highest BCUT2D eigenvalue weighted by Gasteiger charge is 2.43. The van der Waals surface area contributed by atoms with Crippen LogP contribution in [-0.4, -0.2) is 19.6 Å². The smallest absolute Gasteiger partial charge is 0.0509 e. The number of rotatable bonds is 2. The quantitative estimate of drug-likeness (QED) is 0.604. The minimum atomic E-state index is 0.478. The molecule has 2 atom stereocenters. The standard InChI is InChI=1S/C15H21IN2S/c1-17-14-7-4-8-15(14)9-10-18(19-16)13-6-3-2-5-12(13)11-15/h2-3,5-6,14,17H,4,7-11H2,1H3. The molecule has 1 spiro atoms. The van der Waals surface area contributed by atoms with Gasteiger partial charge in [0.25, 0.3) is 0 Å². The summed E-state index contributed by atoms with van der Waals surface area (Å²) < 4.78 is 2.47. The SMILES string of the molecule is CNC1CCCC12CCN(SI)c1ccccc1C2. The number of hydrogen-bond donors (Lipinski definition) is 1. The van der Waals surface area contributed by atoms with E-state index in [1.807, 2.05) is 9.12 Å². The third kappa shape index (κ3) is 2.51. The lowest BCUT2D eigenvalue weighted by Gasteiger charge is -2.34. The fourth-order valence-electron chi connectivity index (χ4n) is 3.99. The van der Waals surface area contributed by atoms with Crippen molar-refractivity contribution in [1.82, 2.24) is 5.32 Å². The fraction of sp³-hybridized carbons (Fsp3) is 0.600. The number of hydrogen-bond acceptors (Lipinski definition) is 3. The van der Waals surface area contributed by atoms with Gasteiger partial charge in [-0.05, 0) is 49.8 Å². The van der Waals surface area contributed by atoms with Gasteiger partial charge in [-0.1, -0.05) is 24.6 Å². The summed E-state index contributed by atoms with van der Waals surface area (Å²) in [6.07, 6.45) is 6.65. The molecule has 1 saturated carbocycles. The van der Waals surface area contributed by atoms with Gasteiger partial charge in [0.05, 0.1) is 5.69 Å². The topological polar surface area (TPSA) is 15.3 Å². The van der Waals surface area contributed by atoms with Crippen molar-refractivity contribution in [3.05, 3.63) is 29.8 Å². The number of anilines is 1. The molecule has 0 saturated heterocycles. The predicted octanol–water partition coefficient (Wildman–Crippen LogP) is 4.20. The summed E-state index contributed by atoms with van der Waals surface area (Å²) in [5, 5.41) is 3.59. The zero-order valence-corrected chi connectivity index (χ0v) is 14.3. The molecular formula is C15H21IN2S. The number of nitrogens with one attached hydrogen (secondary N) is 1. The molecule has 2 aliphatic rings. The molecule has 2 unspecified atom stereocenters. The fourth-order valence-corrected chi connectivity index (χ4v) is 5.63. The van der Waals surface area contributed by atoms with Crippen LogP contribution in [0.4, 0.5) is 5.69 Å². The summed E-state index contributed by atoms with van der Waals surface area (Å²) in [7, 11) is 3.97. The zero-order valence-electron chi connectivity index (χ0n) is 11.4. The van der Waals surface area contributed by atoms with Crippen molar-refractivity contribution in [3.8, 4) is 0 Å². The predicted molar refractivity (Wildman–Crippen MR) is 92.9 cm³/mol. The molecule has 1 aliphatic carbocycles. The van der Waals surface area contributed by atoms with Gasteiger partial charge in [-0.25, -0.2) is 0 Å². The summed E-state index contributed by atoms with van der Waals surface area (Å²) in [6, 6.07) is 9.66. The Morgan fingerprint density at radius 2 is 2.21 bits per heavy atom. The van der Waals surface area contributed by atoms with Crippen LogP contribution in [0.25, 0.3) is 0 Å². The molecule has 0 bridgehead atoms. The van der Waals surface area contributed by atoms with Gasteiger partial charge in [-0.15, -0.1) is 0 Å². The van der Waals surface area contributed by atoms with Crippen LogP contribution in [0.2, 0.25) is 0 Å². The largest absolute Gasteiger partial charge is 0.316 e. The van der Waals surface area contributed by atoms with Gasteiger partial charge in [-0.3, -0.25) is 0 Å². The van der Waals surface area contributed by atoms with E-state index in [0.29, 0.717) is 11.5 Å². The maximum atomic E-state index is 3.59. The van der Waals surface area contributed by atoms with Crippen LogP contribution >= 0.6 is 30.3 Å². The minimum absolute atomic E-state index is 0.478. The second-order valence-corrected chi connectivity index (χ2v) is 7.58.